The van der Waals surface area contributed by atoms with E-state index in [9.17, 15) is 5.11 Å². The predicted molar refractivity (Wildman–Crippen MR) is 71.4 cm³/mol. The minimum atomic E-state index is -0.675. The maximum absolute atomic E-state index is 11.0. The van der Waals surface area contributed by atoms with E-state index >= 15 is 0 Å². The first-order valence-electron chi connectivity index (χ1n) is 7.00. The Morgan fingerprint density at radius 1 is 1.22 bits per heavy atom. The monoisotopic (exact) mass is 246 g/mol. The molecule has 3 rings (SSSR count). The van der Waals surface area contributed by atoms with Gasteiger partial charge in [-0.2, -0.15) is 0 Å². The van der Waals surface area contributed by atoms with E-state index < -0.39 is 5.60 Å². The average molecular weight is 246 g/mol. The van der Waals surface area contributed by atoms with E-state index in [-0.39, 0.29) is 0 Å². The highest BCUT2D eigenvalue weighted by atomic mass is 16.3. The molecule has 0 aliphatic carbocycles. The molecule has 2 aliphatic rings. The van der Waals surface area contributed by atoms with Crippen molar-refractivity contribution < 1.29 is 5.11 Å². The molecule has 1 aromatic rings. The molecule has 2 unspecified atom stereocenters. The molecule has 3 nitrogen and oxygen atoms in total. The van der Waals surface area contributed by atoms with E-state index in [1.54, 1.807) is 0 Å². The van der Waals surface area contributed by atoms with Crippen LogP contribution in [0.5, 0.6) is 0 Å². The van der Waals surface area contributed by atoms with Crippen LogP contribution in [-0.4, -0.2) is 22.2 Å². The van der Waals surface area contributed by atoms with Crippen LogP contribution >= 0.6 is 0 Å². The third-order valence-electron chi connectivity index (χ3n) is 4.47. The van der Waals surface area contributed by atoms with Gasteiger partial charge in [-0.15, -0.1) is 0 Å². The first kappa shape index (κ1) is 12.1. The van der Waals surface area contributed by atoms with Crippen LogP contribution in [0.25, 0.3) is 0 Å². The van der Waals surface area contributed by atoms with Crippen molar-refractivity contribution in [1.82, 2.24) is 10.3 Å². The minimum Gasteiger partial charge on any atom is -0.385 e. The van der Waals surface area contributed by atoms with Gasteiger partial charge in [0.2, 0.25) is 0 Å². The number of nitrogens with zero attached hydrogens (tertiary/aromatic N) is 1. The van der Waals surface area contributed by atoms with Crippen LogP contribution < -0.4 is 5.32 Å². The lowest BCUT2D eigenvalue weighted by Gasteiger charge is -2.45. The molecular formula is C15H22N2O. The van der Waals surface area contributed by atoms with Crippen molar-refractivity contribution in [3.63, 3.8) is 0 Å². The fourth-order valence-electron chi connectivity index (χ4n) is 3.73. The summed E-state index contributed by atoms with van der Waals surface area (Å²) < 4.78 is 0. The maximum Gasteiger partial charge on any atom is 0.0943 e. The van der Waals surface area contributed by atoms with Crippen molar-refractivity contribution in [2.45, 2.75) is 63.6 Å². The van der Waals surface area contributed by atoms with Crippen LogP contribution in [0, 0.1) is 13.8 Å². The highest BCUT2D eigenvalue weighted by Crippen LogP contribution is 2.40. The molecule has 0 saturated carbocycles. The number of hydrogen-bond acceptors (Lipinski definition) is 3. The van der Waals surface area contributed by atoms with Crippen molar-refractivity contribution in [1.29, 1.82) is 0 Å². The minimum absolute atomic E-state index is 0.475. The molecule has 2 saturated heterocycles. The van der Waals surface area contributed by atoms with E-state index in [0.717, 1.165) is 29.8 Å². The zero-order valence-electron chi connectivity index (χ0n) is 11.2. The van der Waals surface area contributed by atoms with E-state index in [0.29, 0.717) is 12.1 Å². The summed E-state index contributed by atoms with van der Waals surface area (Å²) in [6.07, 6.45) is 5.34. The molecule has 0 amide bonds. The Morgan fingerprint density at radius 3 is 2.50 bits per heavy atom. The summed E-state index contributed by atoms with van der Waals surface area (Å²) in [5, 5.41) is 14.7. The second-order valence-electron chi connectivity index (χ2n) is 6.02. The van der Waals surface area contributed by atoms with Crippen molar-refractivity contribution >= 4 is 0 Å². The lowest BCUT2D eigenvalue weighted by Crippen LogP contribution is -2.54. The molecule has 2 atom stereocenters. The summed E-state index contributed by atoms with van der Waals surface area (Å²) in [5.41, 5.74) is 2.36. The molecular weight excluding hydrogens is 224 g/mol. The second kappa shape index (κ2) is 4.32. The van der Waals surface area contributed by atoms with Crippen molar-refractivity contribution in [2.24, 2.45) is 0 Å². The van der Waals surface area contributed by atoms with Crippen LogP contribution in [-0.2, 0) is 5.60 Å². The number of nitrogens with one attached hydrogen (secondary N) is 1. The van der Waals surface area contributed by atoms with Gasteiger partial charge in [-0.25, -0.2) is 0 Å². The number of aromatic nitrogens is 1. The zero-order chi connectivity index (χ0) is 12.8. The average Bonchev–Trinajstić information content (AvgIpc) is 2.27. The van der Waals surface area contributed by atoms with E-state index in [4.69, 9.17) is 0 Å². The Balaban J connectivity index is 1.94. The standard InChI is InChI=1S/C15H22N2O/c1-10-6-7-14(11(2)16-10)15(18)8-12-4-3-5-13(9-15)17-12/h6-7,12-13,17-18H,3-5,8-9H2,1-2H3. The molecule has 2 N–H and O–H groups in total. The second-order valence-corrected chi connectivity index (χ2v) is 6.02. The Morgan fingerprint density at radius 2 is 1.89 bits per heavy atom. The van der Waals surface area contributed by atoms with Gasteiger partial charge < -0.3 is 10.4 Å². The quantitative estimate of drug-likeness (QED) is 0.798. The van der Waals surface area contributed by atoms with Crippen LogP contribution in [0.15, 0.2) is 12.1 Å². The number of pyridine rings is 1. The topological polar surface area (TPSA) is 45.1 Å². The Labute approximate surface area is 109 Å². The Kier molecular flexibility index (Phi) is 2.91. The third-order valence-corrected chi connectivity index (χ3v) is 4.47. The van der Waals surface area contributed by atoms with Gasteiger partial charge in [0.15, 0.2) is 0 Å². The van der Waals surface area contributed by atoms with E-state index in [2.05, 4.69) is 16.4 Å². The Hall–Kier alpha value is -0.930. The number of aryl methyl sites for hydroxylation is 2. The molecule has 2 fully saturated rings. The number of fused-ring (bicyclic) bond motifs is 2. The number of rotatable bonds is 1. The van der Waals surface area contributed by atoms with Crippen molar-refractivity contribution in [3.8, 4) is 0 Å². The summed E-state index contributed by atoms with van der Waals surface area (Å²) in [7, 11) is 0. The summed E-state index contributed by atoms with van der Waals surface area (Å²) in [6.45, 7) is 4.01. The van der Waals surface area contributed by atoms with Gasteiger partial charge in [0, 0.05) is 29.0 Å². The molecule has 3 heteroatoms. The van der Waals surface area contributed by atoms with E-state index in [1.165, 1.54) is 19.3 Å². The maximum atomic E-state index is 11.0. The fraction of sp³-hybridized carbons (Fsp3) is 0.667. The summed E-state index contributed by atoms with van der Waals surface area (Å²) in [4.78, 5) is 4.51. The normalized spacial score (nSPS) is 35.5. The molecule has 18 heavy (non-hydrogen) atoms. The van der Waals surface area contributed by atoms with Crippen LogP contribution in [0.2, 0.25) is 0 Å². The van der Waals surface area contributed by atoms with Gasteiger partial charge in [-0.05, 0) is 45.6 Å². The molecule has 0 spiro atoms. The highest BCUT2D eigenvalue weighted by molar-refractivity contribution is 5.29. The van der Waals surface area contributed by atoms with Gasteiger partial charge in [-0.1, -0.05) is 12.5 Å². The predicted octanol–water partition coefficient (Wildman–Crippen LogP) is 2.19. The summed E-state index contributed by atoms with van der Waals surface area (Å²) in [6, 6.07) is 5.03. The molecule has 2 aliphatic heterocycles. The first-order chi connectivity index (χ1) is 8.57. The number of hydrogen-bond donors (Lipinski definition) is 2. The lowest BCUT2D eigenvalue weighted by molar-refractivity contribution is -0.0366. The largest absolute Gasteiger partial charge is 0.385 e. The van der Waals surface area contributed by atoms with Gasteiger partial charge in [0.05, 0.1) is 5.60 Å². The lowest BCUT2D eigenvalue weighted by atomic mass is 9.73. The molecule has 1 aromatic heterocycles. The Bertz CT molecular complexity index is 446. The number of piperidine rings is 2. The van der Waals surface area contributed by atoms with Crippen molar-refractivity contribution in [2.75, 3.05) is 0 Å². The van der Waals surface area contributed by atoms with Gasteiger partial charge in [0.25, 0.3) is 0 Å². The van der Waals surface area contributed by atoms with Crippen LogP contribution in [0.3, 0.4) is 0 Å². The SMILES string of the molecule is Cc1ccc(C2(O)CC3CCCC(C2)N3)c(C)n1. The zero-order valence-corrected chi connectivity index (χ0v) is 11.2. The van der Waals surface area contributed by atoms with Gasteiger partial charge >= 0.3 is 0 Å². The molecule has 3 heterocycles. The van der Waals surface area contributed by atoms with Crippen LogP contribution in [0.1, 0.15) is 49.1 Å². The molecule has 0 radical (unpaired) electrons. The van der Waals surface area contributed by atoms with Crippen LogP contribution in [0.4, 0.5) is 0 Å². The first-order valence-corrected chi connectivity index (χ1v) is 7.00. The van der Waals surface area contributed by atoms with Gasteiger partial charge in [-0.3, -0.25) is 4.98 Å². The highest BCUT2D eigenvalue weighted by Gasteiger charge is 2.42. The summed E-state index contributed by atoms with van der Waals surface area (Å²) >= 11 is 0. The smallest absolute Gasteiger partial charge is 0.0943 e. The summed E-state index contributed by atoms with van der Waals surface area (Å²) in [5.74, 6) is 0. The van der Waals surface area contributed by atoms with Crippen molar-refractivity contribution in [3.05, 3.63) is 29.1 Å². The number of aliphatic hydroxyl groups is 1. The molecule has 0 aromatic carbocycles. The third kappa shape index (κ3) is 2.06. The van der Waals surface area contributed by atoms with Gasteiger partial charge in [0.1, 0.15) is 0 Å². The molecule has 2 bridgehead atoms. The molecule has 98 valence electrons. The van der Waals surface area contributed by atoms with E-state index in [1.807, 2.05) is 19.9 Å². The fourth-order valence-corrected chi connectivity index (χ4v) is 3.73.